The molecule has 1 saturated carbocycles. The van der Waals surface area contributed by atoms with Gasteiger partial charge in [-0.05, 0) is 38.2 Å². The van der Waals surface area contributed by atoms with E-state index in [4.69, 9.17) is 11.5 Å². The number of primary amides is 1. The second-order valence-corrected chi connectivity index (χ2v) is 6.17. The van der Waals surface area contributed by atoms with E-state index in [-0.39, 0.29) is 11.8 Å². The van der Waals surface area contributed by atoms with E-state index in [9.17, 15) is 4.79 Å². The number of aromatic nitrogens is 2. The lowest BCUT2D eigenvalue weighted by Crippen LogP contribution is -2.54. The number of rotatable bonds is 5. The Bertz CT molecular complexity index is 468. The second-order valence-electron chi connectivity index (χ2n) is 5.11. The summed E-state index contributed by atoms with van der Waals surface area (Å²) in [6.07, 6.45) is 5.31. The molecule has 0 spiro atoms. The Kier molecular flexibility index (Phi) is 4.42. The van der Waals surface area contributed by atoms with Gasteiger partial charge < -0.3 is 11.5 Å². The molecule has 0 saturated heterocycles. The number of carbonyl (C=O) groups excluding carboxylic acids is 1. The summed E-state index contributed by atoms with van der Waals surface area (Å²) in [7, 11) is 0. The fourth-order valence-corrected chi connectivity index (χ4v) is 3.55. The number of amides is 1. The first-order valence-electron chi connectivity index (χ1n) is 6.53. The van der Waals surface area contributed by atoms with Crippen molar-refractivity contribution >= 4 is 17.7 Å². The zero-order valence-electron chi connectivity index (χ0n) is 11.1. The monoisotopic (exact) mass is 280 g/mol. The number of nitrogens with zero attached hydrogens (tertiary/aromatic N) is 2. The van der Waals surface area contributed by atoms with Gasteiger partial charge in [0.1, 0.15) is 0 Å². The largest absolute Gasteiger partial charge is 0.368 e. The SMILES string of the molecule is Cc1ccnc(SCCC2CCCC2(N)C(N)=O)n1. The molecule has 1 amide bonds. The molecule has 1 aromatic heterocycles. The quantitative estimate of drug-likeness (QED) is 0.625. The number of aryl methyl sites for hydroxylation is 1. The zero-order chi connectivity index (χ0) is 13.9. The topological polar surface area (TPSA) is 94.9 Å². The van der Waals surface area contributed by atoms with Gasteiger partial charge in [-0.1, -0.05) is 18.2 Å². The smallest absolute Gasteiger partial charge is 0.237 e. The molecular formula is C13H20N4OS. The summed E-state index contributed by atoms with van der Waals surface area (Å²) in [6, 6.07) is 1.87. The predicted molar refractivity (Wildman–Crippen MR) is 75.6 cm³/mol. The van der Waals surface area contributed by atoms with Crippen LogP contribution in [0, 0.1) is 12.8 Å². The van der Waals surface area contributed by atoms with Crippen molar-refractivity contribution in [2.75, 3.05) is 5.75 Å². The van der Waals surface area contributed by atoms with Crippen LogP contribution in [0.1, 0.15) is 31.4 Å². The van der Waals surface area contributed by atoms with Crippen molar-refractivity contribution < 1.29 is 4.79 Å². The Morgan fingerprint density at radius 1 is 1.63 bits per heavy atom. The minimum atomic E-state index is -0.811. The van der Waals surface area contributed by atoms with Crippen molar-refractivity contribution in [1.29, 1.82) is 0 Å². The summed E-state index contributed by atoms with van der Waals surface area (Å²) < 4.78 is 0. The van der Waals surface area contributed by atoms with Gasteiger partial charge in [-0.15, -0.1) is 0 Å². The fourth-order valence-electron chi connectivity index (χ4n) is 2.62. The van der Waals surface area contributed by atoms with Gasteiger partial charge in [0.2, 0.25) is 5.91 Å². The third-order valence-electron chi connectivity index (χ3n) is 3.80. The van der Waals surface area contributed by atoms with Gasteiger partial charge in [-0.3, -0.25) is 4.79 Å². The average molecular weight is 280 g/mol. The molecule has 2 unspecified atom stereocenters. The number of nitrogens with two attached hydrogens (primary N) is 2. The number of hydrogen-bond donors (Lipinski definition) is 2. The van der Waals surface area contributed by atoms with E-state index in [0.29, 0.717) is 6.42 Å². The number of thioether (sulfide) groups is 1. The highest BCUT2D eigenvalue weighted by molar-refractivity contribution is 7.99. The molecule has 19 heavy (non-hydrogen) atoms. The molecule has 2 rings (SSSR count). The number of hydrogen-bond acceptors (Lipinski definition) is 5. The minimum Gasteiger partial charge on any atom is -0.368 e. The molecule has 1 heterocycles. The molecule has 5 nitrogen and oxygen atoms in total. The van der Waals surface area contributed by atoms with Crippen LogP contribution in [0.5, 0.6) is 0 Å². The maximum absolute atomic E-state index is 11.5. The molecule has 2 atom stereocenters. The lowest BCUT2D eigenvalue weighted by atomic mass is 9.85. The molecule has 1 aromatic rings. The predicted octanol–water partition coefficient (Wildman–Crippen LogP) is 1.25. The summed E-state index contributed by atoms with van der Waals surface area (Å²) in [5.41, 5.74) is 11.7. The lowest BCUT2D eigenvalue weighted by molar-refractivity contribution is -0.124. The van der Waals surface area contributed by atoms with Gasteiger partial charge in [-0.25, -0.2) is 9.97 Å². The molecule has 1 aliphatic carbocycles. The van der Waals surface area contributed by atoms with Crippen LogP contribution >= 0.6 is 11.8 Å². The van der Waals surface area contributed by atoms with Crippen molar-refractivity contribution in [1.82, 2.24) is 9.97 Å². The van der Waals surface area contributed by atoms with Crippen molar-refractivity contribution in [3.8, 4) is 0 Å². The Hall–Kier alpha value is -1.14. The van der Waals surface area contributed by atoms with E-state index in [1.807, 2.05) is 13.0 Å². The molecule has 1 fully saturated rings. The maximum Gasteiger partial charge on any atom is 0.237 e. The normalized spacial score (nSPS) is 26.5. The minimum absolute atomic E-state index is 0.183. The lowest BCUT2D eigenvalue weighted by Gasteiger charge is -2.27. The van der Waals surface area contributed by atoms with Crippen LogP contribution in [0.4, 0.5) is 0 Å². The Morgan fingerprint density at radius 2 is 2.42 bits per heavy atom. The van der Waals surface area contributed by atoms with Gasteiger partial charge in [0.05, 0.1) is 5.54 Å². The van der Waals surface area contributed by atoms with Crippen LogP contribution in [0.25, 0.3) is 0 Å². The van der Waals surface area contributed by atoms with E-state index in [1.54, 1.807) is 18.0 Å². The van der Waals surface area contributed by atoms with Crippen molar-refractivity contribution in [3.05, 3.63) is 18.0 Å². The molecule has 6 heteroatoms. The third kappa shape index (κ3) is 3.25. The molecular weight excluding hydrogens is 260 g/mol. The molecule has 0 bridgehead atoms. The van der Waals surface area contributed by atoms with Crippen LogP contribution in [0.15, 0.2) is 17.4 Å². The van der Waals surface area contributed by atoms with Crippen LogP contribution in [-0.4, -0.2) is 27.2 Å². The van der Waals surface area contributed by atoms with E-state index >= 15 is 0 Å². The van der Waals surface area contributed by atoms with Gasteiger partial charge >= 0.3 is 0 Å². The van der Waals surface area contributed by atoms with E-state index in [0.717, 1.165) is 35.9 Å². The Labute approximate surface area is 117 Å². The molecule has 0 aliphatic heterocycles. The number of carbonyl (C=O) groups is 1. The highest BCUT2D eigenvalue weighted by Gasteiger charge is 2.43. The third-order valence-corrected chi connectivity index (χ3v) is 4.70. The molecule has 104 valence electrons. The van der Waals surface area contributed by atoms with Gasteiger partial charge in [0, 0.05) is 17.6 Å². The first-order chi connectivity index (χ1) is 9.02. The van der Waals surface area contributed by atoms with Gasteiger partial charge in [-0.2, -0.15) is 0 Å². The van der Waals surface area contributed by atoms with Crippen LogP contribution in [0.2, 0.25) is 0 Å². The van der Waals surface area contributed by atoms with E-state index < -0.39 is 5.54 Å². The summed E-state index contributed by atoms with van der Waals surface area (Å²) in [6.45, 7) is 1.95. The van der Waals surface area contributed by atoms with Crippen molar-refractivity contribution in [3.63, 3.8) is 0 Å². The summed E-state index contributed by atoms with van der Waals surface area (Å²) in [5, 5.41) is 0.777. The van der Waals surface area contributed by atoms with Crippen LogP contribution in [0.3, 0.4) is 0 Å². The zero-order valence-corrected chi connectivity index (χ0v) is 11.9. The van der Waals surface area contributed by atoms with E-state index in [2.05, 4.69) is 9.97 Å². The molecule has 0 radical (unpaired) electrons. The highest BCUT2D eigenvalue weighted by atomic mass is 32.2. The maximum atomic E-state index is 11.5. The highest BCUT2D eigenvalue weighted by Crippen LogP contribution is 2.36. The van der Waals surface area contributed by atoms with Crippen molar-refractivity contribution in [2.24, 2.45) is 17.4 Å². The molecule has 4 N–H and O–H groups in total. The Balaban J connectivity index is 1.87. The second kappa shape index (κ2) is 5.88. The fraction of sp³-hybridized carbons (Fsp3) is 0.615. The van der Waals surface area contributed by atoms with Crippen LogP contribution < -0.4 is 11.5 Å². The van der Waals surface area contributed by atoms with E-state index in [1.165, 1.54) is 0 Å². The first-order valence-corrected chi connectivity index (χ1v) is 7.52. The van der Waals surface area contributed by atoms with Gasteiger partial charge in [0.15, 0.2) is 5.16 Å². The molecule has 0 aromatic carbocycles. The Morgan fingerprint density at radius 3 is 3.11 bits per heavy atom. The van der Waals surface area contributed by atoms with Gasteiger partial charge in [0.25, 0.3) is 0 Å². The standard InChI is InChI=1S/C13H20N4OS/c1-9-4-7-16-12(17-9)19-8-5-10-3-2-6-13(10,15)11(14)18/h4,7,10H,2-3,5-6,8,15H2,1H3,(H2,14,18). The summed E-state index contributed by atoms with van der Waals surface area (Å²) in [5.74, 6) is 0.675. The first kappa shape index (κ1) is 14.3. The summed E-state index contributed by atoms with van der Waals surface area (Å²) in [4.78, 5) is 20.0. The van der Waals surface area contributed by atoms with Crippen molar-refractivity contribution in [2.45, 2.75) is 43.3 Å². The average Bonchev–Trinajstić information content (AvgIpc) is 2.73. The van der Waals surface area contributed by atoms with Crippen LogP contribution in [-0.2, 0) is 4.79 Å². The molecule has 1 aliphatic rings. The summed E-state index contributed by atoms with van der Waals surface area (Å²) >= 11 is 1.60.